The molecular formula is C16H20N2O5S. The third-order valence-electron chi connectivity index (χ3n) is 4.29. The van der Waals surface area contributed by atoms with Crippen molar-refractivity contribution in [2.24, 2.45) is 0 Å². The minimum atomic E-state index is -4.03. The van der Waals surface area contributed by atoms with E-state index in [9.17, 15) is 18.0 Å². The van der Waals surface area contributed by atoms with Gasteiger partial charge >= 0.3 is 0 Å². The molecule has 2 saturated heterocycles. The van der Waals surface area contributed by atoms with Gasteiger partial charge < -0.3 is 10.1 Å². The molecule has 1 N–H and O–H groups in total. The van der Waals surface area contributed by atoms with E-state index in [1.165, 1.54) is 12.1 Å². The molecule has 1 aromatic rings. The third kappa shape index (κ3) is 3.29. The first-order valence-electron chi connectivity index (χ1n) is 8.02. The van der Waals surface area contributed by atoms with Crippen LogP contribution in [0.25, 0.3) is 0 Å². The van der Waals surface area contributed by atoms with Crippen molar-refractivity contribution in [3.05, 3.63) is 30.3 Å². The smallest absolute Gasteiger partial charge is 0.267 e. The molecule has 7 nitrogen and oxygen atoms in total. The molecule has 2 aliphatic heterocycles. The van der Waals surface area contributed by atoms with E-state index >= 15 is 0 Å². The predicted molar refractivity (Wildman–Crippen MR) is 85.5 cm³/mol. The van der Waals surface area contributed by atoms with Crippen molar-refractivity contribution < 1.29 is 22.7 Å². The van der Waals surface area contributed by atoms with Crippen molar-refractivity contribution in [3.8, 4) is 0 Å². The molecule has 0 aromatic heterocycles. The number of carbonyl (C=O) groups is 2. The molecule has 0 radical (unpaired) electrons. The zero-order chi connectivity index (χ0) is 17.2. The van der Waals surface area contributed by atoms with Crippen LogP contribution in [0, 0.1) is 0 Å². The Labute approximate surface area is 141 Å². The van der Waals surface area contributed by atoms with E-state index in [1.54, 1.807) is 18.2 Å². The number of hydrogen-bond acceptors (Lipinski definition) is 5. The van der Waals surface area contributed by atoms with Gasteiger partial charge in [-0.1, -0.05) is 18.2 Å². The number of rotatable bonds is 5. The Morgan fingerprint density at radius 1 is 1.25 bits per heavy atom. The summed E-state index contributed by atoms with van der Waals surface area (Å²) in [6, 6.07) is 6.70. The van der Waals surface area contributed by atoms with E-state index in [0.717, 1.165) is 17.1 Å². The van der Waals surface area contributed by atoms with Crippen LogP contribution in [0.1, 0.15) is 25.7 Å². The second-order valence-electron chi connectivity index (χ2n) is 5.94. The average Bonchev–Trinajstić information content (AvgIpc) is 3.23. The van der Waals surface area contributed by atoms with Gasteiger partial charge in [-0.25, -0.2) is 12.7 Å². The fourth-order valence-electron chi connectivity index (χ4n) is 3.04. The van der Waals surface area contributed by atoms with Crippen LogP contribution in [0.15, 0.2) is 35.2 Å². The fraction of sp³-hybridized carbons (Fsp3) is 0.500. The van der Waals surface area contributed by atoms with Crippen LogP contribution in [0.4, 0.5) is 0 Å². The van der Waals surface area contributed by atoms with Crippen LogP contribution in [0.3, 0.4) is 0 Å². The topological polar surface area (TPSA) is 92.8 Å². The van der Waals surface area contributed by atoms with Gasteiger partial charge in [0.2, 0.25) is 11.8 Å². The maximum atomic E-state index is 12.7. The summed E-state index contributed by atoms with van der Waals surface area (Å²) in [4.78, 5) is 24.5. The van der Waals surface area contributed by atoms with Crippen LogP contribution in [-0.4, -0.2) is 49.8 Å². The standard InChI is InChI=1S/C16H20N2O5S/c19-15-9-8-14(16(20)17-11-12-5-4-10-23-12)18(15)24(21,22)13-6-2-1-3-7-13/h1-3,6-7,12,14H,4-5,8-11H2,(H,17,20). The molecule has 24 heavy (non-hydrogen) atoms. The Morgan fingerprint density at radius 2 is 2.00 bits per heavy atom. The lowest BCUT2D eigenvalue weighted by molar-refractivity contribution is -0.130. The first-order valence-corrected chi connectivity index (χ1v) is 9.46. The Hall–Kier alpha value is -1.93. The molecule has 2 unspecified atom stereocenters. The molecular weight excluding hydrogens is 332 g/mol. The summed E-state index contributed by atoms with van der Waals surface area (Å²) < 4.78 is 31.6. The van der Waals surface area contributed by atoms with Crippen LogP contribution in [0.5, 0.6) is 0 Å². The summed E-state index contributed by atoms with van der Waals surface area (Å²) in [6.45, 7) is 1.01. The summed E-state index contributed by atoms with van der Waals surface area (Å²) in [5.74, 6) is -0.994. The first-order chi connectivity index (χ1) is 11.5. The number of amides is 2. The molecule has 2 heterocycles. The van der Waals surface area contributed by atoms with Gasteiger partial charge in [-0.05, 0) is 31.4 Å². The molecule has 0 bridgehead atoms. The number of ether oxygens (including phenoxy) is 1. The monoisotopic (exact) mass is 352 g/mol. The van der Waals surface area contributed by atoms with Gasteiger partial charge in [0.15, 0.2) is 0 Å². The second kappa shape index (κ2) is 6.90. The highest BCUT2D eigenvalue weighted by atomic mass is 32.2. The van der Waals surface area contributed by atoms with Gasteiger partial charge in [-0.3, -0.25) is 9.59 Å². The average molecular weight is 352 g/mol. The second-order valence-corrected chi connectivity index (χ2v) is 7.76. The van der Waals surface area contributed by atoms with Gasteiger partial charge in [0.25, 0.3) is 10.0 Å². The summed E-state index contributed by atoms with van der Waals surface area (Å²) in [5.41, 5.74) is 0. The molecule has 0 spiro atoms. The highest BCUT2D eigenvalue weighted by Gasteiger charge is 2.44. The minimum absolute atomic E-state index is 0.0113. The Kier molecular flexibility index (Phi) is 4.86. The van der Waals surface area contributed by atoms with E-state index in [1.807, 2.05) is 0 Å². The van der Waals surface area contributed by atoms with Crippen molar-refractivity contribution in [1.29, 1.82) is 0 Å². The van der Waals surface area contributed by atoms with Crippen LogP contribution < -0.4 is 5.32 Å². The Balaban J connectivity index is 1.75. The van der Waals surface area contributed by atoms with E-state index in [0.29, 0.717) is 13.2 Å². The quantitative estimate of drug-likeness (QED) is 0.840. The van der Waals surface area contributed by atoms with Gasteiger partial charge in [-0.15, -0.1) is 0 Å². The fourth-order valence-corrected chi connectivity index (χ4v) is 4.67. The SMILES string of the molecule is O=C(NCC1CCCO1)C1CCC(=O)N1S(=O)(=O)c1ccccc1. The van der Waals surface area contributed by atoms with E-state index < -0.39 is 27.9 Å². The maximum absolute atomic E-state index is 12.7. The number of sulfonamides is 1. The lowest BCUT2D eigenvalue weighted by atomic mass is 10.2. The normalized spacial score (nSPS) is 24.3. The van der Waals surface area contributed by atoms with E-state index in [2.05, 4.69) is 5.32 Å². The summed E-state index contributed by atoms with van der Waals surface area (Å²) >= 11 is 0. The van der Waals surface area contributed by atoms with Crippen LogP contribution in [-0.2, 0) is 24.3 Å². The summed E-state index contributed by atoms with van der Waals surface area (Å²) in [7, 11) is -4.03. The van der Waals surface area contributed by atoms with Crippen molar-refractivity contribution in [3.63, 3.8) is 0 Å². The third-order valence-corrected chi connectivity index (χ3v) is 6.14. The molecule has 3 rings (SSSR count). The van der Waals surface area contributed by atoms with Gasteiger partial charge in [0.1, 0.15) is 6.04 Å². The lowest BCUT2D eigenvalue weighted by Gasteiger charge is -2.24. The number of carbonyl (C=O) groups excluding carboxylic acids is 2. The zero-order valence-electron chi connectivity index (χ0n) is 13.2. The highest BCUT2D eigenvalue weighted by molar-refractivity contribution is 7.89. The number of nitrogens with one attached hydrogen (secondary N) is 1. The molecule has 0 saturated carbocycles. The molecule has 8 heteroatoms. The van der Waals surface area contributed by atoms with Crippen molar-refractivity contribution in [2.75, 3.05) is 13.2 Å². The number of nitrogens with zero attached hydrogens (tertiary/aromatic N) is 1. The molecule has 0 aliphatic carbocycles. The van der Waals surface area contributed by atoms with Gasteiger partial charge in [0.05, 0.1) is 11.0 Å². The maximum Gasteiger partial charge on any atom is 0.267 e. The summed E-state index contributed by atoms with van der Waals surface area (Å²) in [5, 5.41) is 2.72. The van der Waals surface area contributed by atoms with Crippen molar-refractivity contribution in [1.82, 2.24) is 9.62 Å². The lowest BCUT2D eigenvalue weighted by Crippen LogP contribution is -2.48. The van der Waals surface area contributed by atoms with Crippen LogP contribution >= 0.6 is 0 Å². The summed E-state index contributed by atoms with van der Waals surface area (Å²) in [6.07, 6.45) is 2.03. The Morgan fingerprint density at radius 3 is 2.67 bits per heavy atom. The number of hydrogen-bond donors (Lipinski definition) is 1. The Bertz CT molecular complexity index is 713. The molecule has 2 atom stereocenters. The van der Waals surface area contributed by atoms with Crippen molar-refractivity contribution in [2.45, 2.75) is 42.7 Å². The van der Waals surface area contributed by atoms with E-state index in [-0.39, 0.29) is 23.8 Å². The molecule has 2 fully saturated rings. The van der Waals surface area contributed by atoms with Gasteiger partial charge in [0, 0.05) is 19.6 Å². The zero-order valence-corrected chi connectivity index (χ0v) is 14.0. The number of benzene rings is 1. The molecule has 130 valence electrons. The largest absolute Gasteiger partial charge is 0.376 e. The molecule has 2 amide bonds. The molecule has 1 aromatic carbocycles. The highest BCUT2D eigenvalue weighted by Crippen LogP contribution is 2.27. The minimum Gasteiger partial charge on any atom is -0.376 e. The van der Waals surface area contributed by atoms with Crippen molar-refractivity contribution >= 4 is 21.8 Å². The van der Waals surface area contributed by atoms with Gasteiger partial charge in [-0.2, -0.15) is 0 Å². The van der Waals surface area contributed by atoms with Crippen LogP contribution in [0.2, 0.25) is 0 Å². The molecule has 2 aliphatic rings. The predicted octanol–water partition coefficient (Wildman–Crippen LogP) is 0.661. The first kappa shape index (κ1) is 16.9. The van der Waals surface area contributed by atoms with E-state index in [4.69, 9.17) is 4.74 Å².